The van der Waals surface area contributed by atoms with Crippen LogP contribution in [0.15, 0.2) is 29.2 Å². The van der Waals surface area contributed by atoms with Gasteiger partial charge in [-0.2, -0.15) is 13.2 Å². The van der Waals surface area contributed by atoms with Crippen LogP contribution < -0.4 is 5.48 Å². The quantitative estimate of drug-likeness (QED) is 0.472. The number of nitrogens with one attached hydrogen (secondary N) is 1. The van der Waals surface area contributed by atoms with Crippen molar-refractivity contribution in [3.63, 3.8) is 0 Å². The SMILES string of the molecule is O=C(NO)c1ccc(SC(F)(F)F)cc1. The highest BCUT2D eigenvalue weighted by atomic mass is 32.2. The van der Waals surface area contributed by atoms with Crippen LogP contribution in [-0.2, 0) is 0 Å². The summed E-state index contributed by atoms with van der Waals surface area (Å²) < 4.78 is 35.7. The van der Waals surface area contributed by atoms with E-state index in [-0.39, 0.29) is 22.2 Å². The van der Waals surface area contributed by atoms with Crippen LogP contribution >= 0.6 is 11.8 Å². The number of hydrogen-bond donors (Lipinski definition) is 2. The zero-order chi connectivity index (χ0) is 11.5. The predicted molar refractivity (Wildman–Crippen MR) is 47.6 cm³/mol. The number of carbonyl (C=O) groups is 1. The molecular formula is C8H6F3NO2S. The van der Waals surface area contributed by atoms with Crippen molar-refractivity contribution in [3.8, 4) is 0 Å². The van der Waals surface area contributed by atoms with Gasteiger partial charge in [-0.1, -0.05) is 0 Å². The molecule has 0 aliphatic rings. The van der Waals surface area contributed by atoms with Gasteiger partial charge in [-0.3, -0.25) is 10.0 Å². The van der Waals surface area contributed by atoms with Crippen molar-refractivity contribution < 1.29 is 23.2 Å². The topological polar surface area (TPSA) is 49.3 Å². The Morgan fingerprint density at radius 1 is 1.27 bits per heavy atom. The maximum Gasteiger partial charge on any atom is 0.446 e. The van der Waals surface area contributed by atoms with Gasteiger partial charge in [0.1, 0.15) is 0 Å². The maximum atomic E-state index is 11.9. The van der Waals surface area contributed by atoms with E-state index in [0.29, 0.717) is 0 Å². The summed E-state index contributed by atoms with van der Waals surface area (Å²) in [7, 11) is 0. The minimum atomic E-state index is -4.35. The van der Waals surface area contributed by atoms with Gasteiger partial charge >= 0.3 is 5.51 Å². The lowest BCUT2D eigenvalue weighted by Crippen LogP contribution is -2.18. The summed E-state index contributed by atoms with van der Waals surface area (Å²) >= 11 is -0.265. The molecule has 0 heterocycles. The molecule has 82 valence electrons. The summed E-state index contributed by atoms with van der Waals surface area (Å²) in [5, 5.41) is 8.26. The smallest absolute Gasteiger partial charge is 0.288 e. The largest absolute Gasteiger partial charge is 0.446 e. The van der Waals surface area contributed by atoms with Gasteiger partial charge in [0, 0.05) is 10.5 Å². The molecule has 0 fully saturated rings. The average molecular weight is 237 g/mol. The number of carbonyl (C=O) groups excluding carboxylic acids is 1. The monoisotopic (exact) mass is 237 g/mol. The summed E-state index contributed by atoms with van der Waals surface area (Å²) in [4.78, 5) is 10.8. The van der Waals surface area contributed by atoms with Crippen molar-refractivity contribution in [2.75, 3.05) is 0 Å². The molecule has 1 aromatic carbocycles. The molecule has 0 saturated carbocycles. The number of benzene rings is 1. The Morgan fingerprint density at radius 2 is 1.80 bits per heavy atom. The molecule has 0 radical (unpaired) electrons. The molecule has 1 amide bonds. The maximum absolute atomic E-state index is 11.9. The first-order valence-electron chi connectivity index (χ1n) is 3.72. The van der Waals surface area contributed by atoms with Crippen LogP contribution in [0.5, 0.6) is 0 Å². The van der Waals surface area contributed by atoms with E-state index in [2.05, 4.69) is 0 Å². The molecule has 0 aliphatic carbocycles. The van der Waals surface area contributed by atoms with Crippen LogP contribution in [0.4, 0.5) is 13.2 Å². The lowest BCUT2D eigenvalue weighted by atomic mass is 10.2. The molecule has 1 aromatic rings. The Morgan fingerprint density at radius 3 is 2.20 bits per heavy atom. The third-order valence-corrected chi connectivity index (χ3v) is 2.19. The Labute approximate surface area is 87.2 Å². The number of thioether (sulfide) groups is 1. The summed E-state index contributed by atoms with van der Waals surface area (Å²) in [5.74, 6) is -0.765. The number of halogens is 3. The van der Waals surface area contributed by atoms with Gasteiger partial charge in [0.25, 0.3) is 5.91 Å². The Kier molecular flexibility index (Phi) is 3.59. The Bertz CT molecular complexity index is 350. The summed E-state index contributed by atoms with van der Waals surface area (Å²) in [6.45, 7) is 0. The van der Waals surface area contributed by atoms with Crippen molar-refractivity contribution in [3.05, 3.63) is 29.8 Å². The van der Waals surface area contributed by atoms with Crippen molar-refractivity contribution in [1.29, 1.82) is 0 Å². The molecule has 15 heavy (non-hydrogen) atoms. The fraction of sp³-hybridized carbons (Fsp3) is 0.125. The van der Waals surface area contributed by atoms with Crippen LogP contribution in [0.2, 0.25) is 0 Å². The minimum absolute atomic E-state index is 0.0167. The highest BCUT2D eigenvalue weighted by molar-refractivity contribution is 8.00. The lowest BCUT2D eigenvalue weighted by Gasteiger charge is -2.05. The zero-order valence-corrected chi connectivity index (χ0v) is 8.02. The van der Waals surface area contributed by atoms with Gasteiger partial charge in [0.2, 0.25) is 0 Å². The first kappa shape index (κ1) is 11.9. The fourth-order valence-electron chi connectivity index (χ4n) is 0.873. The molecule has 0 bridgehead atoms. The fourth-order valence-corrected chi connectivity index (χ4v) is 1.41. The molecule has 0 atom stereocenters. The highest BCUT2D eigenvalue weighted by Crippen LogP contribution is 2.36. The number of rotatable bonds is 2. The second-order valence-electron chi connectivity index (χ2n) is 2.51. The van der Waals surface area contributed by atoms with Crippen LogP contribution in [0.25, 0.3) is 0 Å². The zero-order valence-electron chi connectivity index (χ0n) is 7.21. The predicted octanol–water partition coefficient (Wildman–Crippen LogP) is 2.42. The van der Waals surface area contributed by atoms with Crippen LogP contribution in [0, 0.1) is 0 Å². The summed E-state index contributed by atoms with van der Waals surface area (Å²) in [6, 6.07) is 4.70. The molecular weight excluding hydrogens is 231 g/mol. The van der Waals surface area contributed by atoms with E-state index in [1.54, 1.807) is 0 Å². The van der Waals surface area contributed by atoms with Gasteiger partial charge in [-0.15, -0.1) is 0 Å². The number of hydroxylamine groups is 1. The number of alkyl halides is 3. The first-order valence-corrected chi connectivity index (χ1v) is 4.54. The molecule has 1 rings (SSSR count). The van der Waals surface area contributed by atoms with E-state index >= 15 is 0 Å². The van der Waals surface area contributed by atoms with Gasteiger partial charge < -0.3 is 0 Å². The van der Waals surface area contributed by atoms with E-state index < -0.39 is 11.4 Å². The van der Waals surface area contributed by atoms with E-state index in [1.165, 1.54) is 17.6 Å². The van der Waals surface area contributed by atoms with Crippen LogP contribution in [-0.4, -0.2) is 16.6 Å². The first-order chi connectivity index (χ1) is 6.92. The third-order valence-electron chi connectivity index (χ3n) is 1.45. The second-order valence-corrected chi connectivity index (χ2v) is 3.65. The standard InChI is InChI=1S/C8H6F3NO2S/c9-8(10,11)15-6-3-1-5(2-4-6)7(13)12-14/h1-4,14H,(H,12,13). The highest BCUT2D eigenvalue weighted by Gasteiger charge is 2.29. The van der Waals surface area contributed by atoms with E-state index in [4.69, 9.17) is 5.21 Å². The van der Waals surface area contributed by atoms with Gasteiger partial charge in [0.15, 0.2) is 0 Å². The molecule has 3 nitrogen and oxygen atoms in total. The summed E-state index contributed by atoms with van der Waals surface area (Å²) in [6.07, 6.45) is 0. The van der Waals surface area contributed by atoms with Gasteiger partial charge in [0.05, 0.1) is 0 Å². The van der Waals surface area contributed by atoms with E-state index in [9.17, 15) is 18.0 Å². The van der Waals surface area contributed by atoms with Gasteiger partial charge in [-0.25, -0.2) is 5.48 Å². The molecule has 7 heteroatoms. The molecule has 0 aliphatic heterocycles. The van der Waals surface area contributed by atoms with Crippen molar-refractivity contribution in [2.24, 2.45) is 0 Å². The van der Waals surface area contributed by atoms with Crippen LogP contribution in [0.1, 0.15) is 10.4 Å². The van der Waals surface area contributed by atoms with Crippen molar-refractivity contribution >= 4 is 17.7 Å². The lowest BCUT2D eigenvalue weighted by molar-refractivity contribution is -0.0328. The van der Waals surface area contributed by atoms with Crippen LogP contribution in [0.3, 0.4) is 0 Å². The molecule has 2 N–H and O–H groups in total. The van der Waals surface area contributed by atoms with Crippen molar-refractivity contribution in [2.45, 2.75) is 10.4 Å². The molecule has 0 saturated heterocycles. The minimum Gasteiger partial charge on any atom is -0.288 e. The van der Waals surface area contributed by atoms with E-state index in [0.717, 1.165) is 12.1 Å². The number of hydrogen-bond acceptors (Lipinski definition) is 3. The normalized spacial score (nSPS) is 11.2. The van der Waals surface area contributed by atoms with Crippen molar-refractivity contribution in [1.82, 2.24) is 5.48 Å². The Hall–Kier alpha value is -1.21. The molecule has 0 unspecified atom stereocenters. The molecule has 0 spiro atoms. The third kappa shape index (κ3) is 3.80. The second kappa shape index (κ2) is 4.54. The van der Waals surface area contributed by atoms with Gasteiger partial charge in [-0.05, 0) is 36.0 Å². The number of amides is 1. The Balaban J connectivity index is 2.77. The summed E-state index contributed by atoms with van der Waals surface area (Å²) in [5.41, 5.74) is -2.88. The van der Waals surface area contributed by atoms with E-state index in [1.807, 2.05) is 0 Å². The average Bonchev–Trinajstić information content (AvgIpc) is 2.15. The molecule has 0 aromatic heterocycles.